The highest BCUT2D eigenvalue weighted by Gasteiger charge is 2.13. The number of aromatic nitrogens is 3. The van der Waals surface area contributed by atoms with Gasteiger partial charge in [0.1, 0.15) is 17.2 Å². The highest BCUT2D eigenvalue weighted by atomic mass is 32.1. The van der Waals surface area contributed by atoms with Crippen molar-refractivity contribution >= 4 is 22.4 Å². The van der Waals surface area contributed by atoms with Crippen molar-refractivity contribution in [2.75, 3.05) is 20.8 Å². The van der Waals surface area contributed by atoms with Crippen LogP contribution in [0.1, 0.15) is 18.9 Å². The summed E-state index contributed by atoms with van der Waals surface area (Å²) in [5.41, 5.74) is 1.36. The first-order chi connectivity index (χ1) is 14.6. The lowest BCUT2D eigenvalue weighted by Crippen LogP contribution is -2.23. The monoisotopic (exact) mass is 423 g/mol. The molecule has 0 atom stereocenters. The van der Waals surface area contributed by atoms with Gasteiger partial charge in [0.25, 0.3) is 5.56 Å². The van der Waals surface area contributed by atoms with E-state index >= 15 is 0 Å². The van der Waals surface area contributed by atoms with E-state index in [1.807, 2.05) is 36.4 Å². The normalized spacial score (nSPS) is 11.8. The zero-order valence-electron chi connectivity index (χ0n) is 16.9. The zero-order valence-corrected chi connectivity index (χ0v) is 17.7. The van der Waals surface area contributed by atoms with Crippen LogP contribution in [0.5, 0.6) is 17.2 Å². The summed E-state index contributed by atoms with van der Waals surface area (Å²) in [5.74, 6) is 2.64. The molecule has 0 saturated heterocycles. The lowest BCUT2D eigenvalue weighted by molar-refractivity contribution is 0.317. The number of rotatable bonds is 7. The molecule has 2 aromatic heterocycles. The molecule has 0 spiro atoms. The fraction of sp³-hybridized carbons (Fsp3) is 0.227. The van der Waals surface area contributed by atoms with Gasteiger partial charge in [-0.1, -0.05) is 18.3 Å². The van der Waals surface area contributed by atoms with Crippen LogP contribution in [0.25, 0.3) is 22.4 Å². The molecule has 0 amide bonds. The summed E-state index contributed by atoms with van der Waals surface area (Å²) < 4.78 is 18.1. The summed E-state index contributed by atoms with van der Waals surface area (Å²) >= 11 is 1.28. The largest absolute Gasteiger partial charge is 0.497 e. The predicted octanol–water partition coefficient (Wildman–Crippen LogP) is 3.17. The zero-order chi connectivity index (χ0) is 21.1. The Morgan fingerprint density at radius 2 is 1.83 bits per heavy atom. The van der Waals surface area contributed by atoms with E-state index in [1.165, 1.54) is 15.9 Å². The maximum absolute atomic E-state index is 12.9. The molecule has 0 saturated carbocycles. The summed E-state index contributed by atoms with van der Waals surface area (Å²) in [6.07, 6.45) is 2.72. The number of nitrogens with zero attached hydrogens (tertiary/aromatic N) is 3. The summed E-state index contributed by atoms with van der Waals surface area (Å²) in [6.45, 7) is 2.74. The molecule has 0 fully saturated rings. The summed E-state index contributed by atoms with van der Waals surface area (Å²) in [5, 5.41) is 4.40. The molecular weight excluding hydrogens is 402 g/mol. The maximum atomic E-state index is 12.9. The highest BCUT2D eigenvalue weighted by Crippen LogP contribution is 2.25. The molecule has 0 radical (unpaired) electrons. The summed E-state index contributed by atoms with van der Waals surface area (Å²) in [7, 11) is 3.18. The van der Waals surface area contributed by atoms with Gasteiger partial charge in [-0.05, 0) is 55.0 Å². The number of ether oxygens (including phenoxy) is 3. The minimum absolute atomic E-state index is 0.221. The minimum Gasteiger partial charge on any atom is -0.497 e. The van der Waals surface area contributed by atoms with Gasteiger partial charge in [0.2, 0.25) is 4.96 Å². The van der Waals surface area contributed by atoms with E-state index in [-0.39, 0.29) is 5.56 Å². The smallest absolute Gasteiger partial charge is 0.291 e. The third kappa shape index (κ3) is 3.86. The second-order valence-electron chi connectivity index (χ2n) is 6.53. The van der Waals surface area contributed by atoms with E-state index in [0.717, 1.165) is 23.3 Å². The van der Waals surface area contributed by atoms with Crippen LogP contribution in [-0.4, -0.2) is 35.4 Å². The molecule has 4 rings (SSSR count). The van der Waals surface area contributed by atoms with Crippen molar-refractivity contribution in [2.24, 2.45) is 0 Å². The fourth-order valence-corrected chi connectivity index (χ4v) is 3.87. The summed E-state index contributed by atoms with van der Waals surface area (Å²) in [6, 6.07) is 13.0. The molecule has 0 aliphatic heterocycles. The van der Waals surface area contributed by atoms with Gasteiger partial charge in [-0.3, -0.25) is 4.79 Å². The number of methoxy groups -OCH3 is 2. The van der Waals surface area contributed by atoms with E-state index in [2.05, 4.69) is 17.0 Å². The van der Waals surface area contributed by atoms with Crippen molar-refractivity contribution < 1.29 is 14.2 Å². The van der Waals surface area contributed by atoms with Crippen LogP contribution in [0.3, 0.4) is 0 Å². The van der Waals surface area contributed by atoms with E-state index < -0.39 is 0 Å². The number of thiazole rings is 1. The Morgan fingerprint density at radius 3 is 2.50 bits per heavy atom. The van der Waals surface area contributed by atoms with Crippen molar-refractivity contribution in [1.82, 2.24) is 14.6 Å². The first kappa shape index (κ1) is 19.9. The second kappa shape index (κ2) is 8.54. The third-order valence-corrected chi connectivity index (χ3v) is 5.45. The average molecular weight is 423 g/mol. The van der Waals surface area contributed by atoms with Gasteiger partial charge in [-0.2, -0.15) is 9.50 Å². The number of benzene rings is 2. The maximum Gasteiger partial charge on any atom is 0.291 e. The molecule has 4 aromatic rings. The average Bonchev–Trinajstić information content (AvgIpc) is 3.32. The van der Waals surface area contributed by atoms with Gasteiger partial charge in [-0.15, -0.1) is 5.10 Å². The van der Waals surface area contributed by atoms with Gasteiger partial charge < -0.3 is 14.2 Å². The van der Waals surface area contributed by atoms with Gasteiger partial charge in [0, 0.05) is 11.1 Å². The Bertz CT molecular complexity index is 1280. The number of hydrogen-bond donors (Lipinski definition) is 0. The molecule has 7 nitrogen and oxygen atoms in total. The van der Waals surface area contributed by atoms with Crippen molar-refractivity contribution in [1.29, 1.82) is 0 Å². The van der Waals surface area contributed by atoms with Crippen LogP contribution in [0.4, 0.5) is 0 Å². The van der Waals surface area contributed by atoms with Crippen molar-refractivity contribution in [3.8, 4) is 28.6 Å². The topological polar surface area (TPSA) is 75.0 Å². The van der Waals surface area contributed by atoms with E-state index in [0.29, 0.717) is 33.4 Å². The van der Waals surface area contributed by atoms with E-state index in [4.69, 9.17) is 14.2 Å². The Kier molecular flexibility index (Phi) is 5.67. The van der Waals surface area contributed by atoms with Crippen molar-refractivity contribution in [3.63, 3.8) is 0 Å². The van der Waals surface area contributed by atoms with Crippen LogP contribution in [0.2, 0.25) is 0 Å². The molecule has 0 aliphatic rings. The standard InChI is InChI=1S/C22H21N3O4S/c1-4-11-29-16-7-5-14(6-8-16)20-23-22-25(24-20)21(26)19(30-22)13-15-12-17(27-2)9-10-18(15)28-3/h5-10,12-13H,4,11H2,1-3H3/b19-13-. The molecule has 0 unspecified atom stereocenters. The Morgan fingerprint density at radius 1 is 1.07 bits per heavy atom. The molecule has 2 aromatic carbocycles. The van der Waals surface area contributed by atoms with Crippen molar-refractivity contribution in [3.05, 3.63) is 62.9 Å². The SMILES string of the molecule is CCCOc1ccc(-c2nc3s/c(=C\c4cc(OC)ccc4OC)c(=O)n3n2)cc1. The highest BCUT2D eigenvalue weighted by molar-refractivity contribution is 7.15. The molecule has 0 N–H and O–H groups in total. The van der Waals surface area contributed by atoms with Gasteiger partial charge >= 0.3 is 0 Å². The lowest BCUT2D eigenvalue weighted by atomic mass is 10.2. The number of fused-ring (bicyclic) bond motifs is 1. The van der Waals surface area contributed by atoms with E-state index in [9.17, 15) is 4.79 Å². The second-order valence-corrected chi connectivity index (χ2v) is 7.54. The van der Waals surface area contributed by atoms with Crippen LogP contribution in [0.15, 0.2) is 47.3 Å². The molecule has 154 valence electrons. The fourth-order valence-electron chi connectivity index (χ4n) is 2.97. The van der Waals surface area contributed by atoms with Gasteiger partial charge in [-0.25, -0.2) is 0 Å². The Balaban J connectivity index is 1.70. The van der Waals surface area contributed by atoms with Crippen LogP contribution in [0, 0.1) is 0 Å². The van der Waals surface area contributed by atoms with Crippen LogP contribution >= 0.6 is 11.3 Å². The predicted molar refractivity (Wildman–Crippen MR) is 117 cm³/mol. The van der Waals surface area contributed by atoms with Gasteiger partial charge in [0.15, 0.2) is 5.82 Å². The third-order valence-electron chi connectivity index (χ3n) is 4.49. The van der Waals surface area contributed by atoms with Crippen molar-refractivity contribution in [2.45, 2.75) is 13.3 Å². The molecular formula is C22H21N3O4S. The quantitative estimate of drug-likeness (QED) is 0.455. The first-order valence-corrected chi connectivity index (χ1v) is 10.3. The van der Waals surface area contributed by atoms with Gasteiger partial charge in [0.05, 0.1) is 25.4 Å². The molecule has 8 heteroatoms. The number of hydrogen-bond acceptors (Lipinski definition) is 7. The molecule has 0 bridgehead atoms. The molecule has 30 heavy (non-hydrogen) atoms. The summed E-state index contributed by atoms with van der Waals surface area (Å²) in [4.78, 5) is 17.9. The Hall–Kier alpha value is -3.39. The Labute approximate surface area is 177 Å². The lowest BCUT2D eigenvalue weighted by Gasteiger charge is -2.06. The van der Waals surface area contributed by atoms with E-state index in [1.54, 1.807) is 26.4 Å². The minimum atomic E-state index is -0.221. The molecule has 0 aliphatic carbocycles. The van der Waals surface area contributed by atoms with Crippen LogP contribution < -0.4 is 24.3 Å². The molecule has 2 heterocycles. The first-order valence-electron chi connectivity index (χ1n) is 9.49. The van der Waals surface area contributed by atoms with Crippen LogP contribution in [-0.2, 0) is 0 Å².